The second-order valence-electron chi connectivity index (χ2n) is 5.56. The number of halogens is 1. The number of nitrogens with zero attached hydrogens (tertiary/aromatic N) is 3. The molecule has 25 heavy (non-hydrogen) atoms. The Morgan fingerprint density at radius 3 is 3.04 bits per heavy atom. The zero-order chi connectivity index (χ0) is 17.4. The van der Waals surface area contributed by atoms with Crippen LogP contribution in [-0.2, 0) is 4.79 Å². The van der Waals surface area contributed by atoms with Crippen molar-refractivity contribution in [2.45, 2.75) is 12.1 Å². The summed E-state index contributed by atoms with van der Waals surface area (Å²) in [5, 5.41) is 11.3. The maximum absolute atomic E-state index is 12.3. The van der Waals surface area contributed by atoms with E-state index < -0.39 is 0 Å². The molecule has 0 radical (unpaired) electrons. The number of hydrogen-bond donors (Lipinski definition) is 2. The molecule has 6 nitrogen and oxygen atoms in total. The number of hydrogen-bond acceptors (Lipinski definition) is 4. The summed E-state index contributed by atoms with van der Waals surface area (Å²) in [5.74, 6) is 0.782. The van der Waals surface area contributed by atoms with E-state index in [1.165, 1.54) is 11.8 Å². The highest BCUT2D eigenvalue weighted by Crippen LogP contribution is 2.24. The fourth-order valence-corrected chi connectivity index (χ4v) is 3.51. The lowest BCUT2D eigenvalue weighted by Gasteiger charge is -2.08. The van der Waals surface area contributed by atoms with E-state index in [-0.39, 0.29) is 11.7 Å². The smallest absolute Gasteiger partial charge is 0.234 e. The number of thioether (sulfide) groups is 1. The molecule has 8 heteroatoms. The standard InChI is InChI=1S/C17H14ClN5OS/c1-10-6-7-11(18)8-13(10)19-15(24)9-25-17-22-21-16-20-12-4-2-3-5-14(12)23(16)17/h2-8H,9H2,1H3,(H,19,24)(H,20,21). The molecule has 0 aliphatic carbocycles. The van der Waals surface area contributed by atoms with E-state index in [4.69, 9.17) is 11.6 Å². The van der Waals surface area contributed by atoms with Crippen LogP contribution in [0.3, 0.4) is 0 Å². The zero-order valence-corrected chi connectivity index (χ0v) is 14.9. The molecule has 0 unspecified atom stereocenters. The Labute approximate surface area is 152 Å². The van der Waals surface area contributed by atoms with Gasteiger partial charge in [0.25, 0.3) is 0 Å². The van der Waals surface area contributed by atoms with Crippen molar-refractivity contribution in [1.29, 1.82) is 0 Å². The normalized spacial score (nSPS) is 11.3. The number of aromatic amines is 1. The van der Waals surface area contributed by atoms with Crippen LogP contribution in [0.25, 0.3) is 16.8 Å². The minimum absolute atomic E-state index is 0.115. The Bertz CT molecular complexity index is 1090. The van der Waals surface area contributed by atoms with Gasteiger partial charge in [0.15, 0.2) is 5.16 Å². The molecule has 2 N–H and O–H groups in total. The average Bonchev–Trinajstić information content (AvgIpc) is 3.15. The van der Waals surface area contributed by atoms with Gasteiger partial charge in [-0.05, 0) is 36.8 Å². The predicted molar refractivity (Wildman–Crippen MR) is 100 cm³/mol. The summed E-state index contributed by atoms with van der Waals surface area (Å²) in [5.41, 5.74) is 3.53. The van der Waals surface area contributed by atoms with Crippen molar-refractivity contribution < 1.29 is 4.79 Å². The minimum Gasteiger partial charge on any atom is -0.325 e. The van der Waals surface area contributed by atoms with Gasteiger partial charge in [-0.1, -0.05) is 41.6 Å². The largest absolute Gasteiger partial charge is 0.325 e. The number of para-hydroxylation sites is 2. The van der Waals surface area contributed by atoms with Crippen molar-refractivity contribution >= 4 is 51.8 Å². The third-order valence-corrected chi connectivity index (χ3v) is 4.98. The number of nitrogens with one attached hydrogen (secondary N) is 2. The predicted octanol–water partition coefficient (Wildman–Crippen LogP) is 3.90. The second-order valence-corrected chi connectivity index (χ2v) is 6.94. The highest BCUT2D eigenvalue weighted by Gasteiger charge is 2.14. The third-order valence-electron chi connectivity index (χ3n) is 3.81. The van der Waals surface area contributed by atoms with Gasteiger partial charge in [0.1, 0.15) is 0 Å². The van der Waals surface area contributed by atoms with Gasteiger partial charge in [0.05, 0.1) is 16.8 Å². The van der Waals surface area contributed by atoms with Gasteiger partial charge in [0, 0.05) is 10.7 Å². The third kappa shape index (κ3) is 3.08. The molecule has 2 aromatic heterocycles. The SMILES string of the molecule is Cc1ccc(Cl)cc1NC(=O)CSc1n[nH]c2nc3ccccc3n12. The molecule has 126 valence electrons. The Morgan fingerprint density at radius 2 is 2.16 bits per heavy atom. The highest BCUT2D eigenvalue weighted by molar-refractivity contribution is 7.99. The Morgan fingerprint density at radius 1 is 1.32 bits per heavy atom. The first kappa shape index (κ1) is 16.0. The van der Waals surface area contributed by atoms with Gasteiger partial charge in [0.2, 0.25) is 11.7 Å². The van der Waals surface area contributed by atoms with Crippen molar-refractivity contribution in [3.8, 4) is 0 Å². The van der Waals surface area contributed by atoms with Gasteiger partial charge in [-0.15, -0.1) is 5.10 Å². The summed E-state index contributed by atoms with van der Waals surface area (Å²) >= 11 is 7.34. The van der Waals surface area contributed by atoms with E-state index >= 15 is 0 Å². The van der Waals surface area contributed by atoms with Crippen LogP contribution in [-0.4, -0.2) is 31.2 Å². The molecule has 4 rings (SSSR count). The molecule has 0 aliphatic heterocycles. The Hall–Kier alpha value is -2.51. The first-order valence-corrected chi connectivity index (χ1v) is 8.98. The van der Waals surface area contributed by atoms with Crippen LogP contribution in [0.2, 0.25) is 5.02 Å². The van der Waals surface area contributed by atoms with Gasteiger partial charge < -0.3 is 5.32 Å². The lowest BCUT2D eigenvalue weighted by atomic mass is 10.2. The van der Waals surface area contributed by atoms with Gasteiger partial charge >= 0.3 is 0 Å². The van der Waals surface area contributed by atoms with Gasteiger partial charge in [-0.25, -0.2) is 10.1 Å². The molecule has 4 aromatic rings. The van der Waals surface area contributed by atoms with E-state index in [2.05, 4.69) is 20.5 Å². The summed E-state index contributed by atoms with van der Waals surface area (Å²) < 4.78 is 1.91. The highest BCUT2D eigenvalue weighted by atomic mass is 35.5. The maximum atomic E-state index is 12.3. The number of rotatable bonds is 4. The van der Waals surface area contributed by atoms with Crippen LogP contribution in [0.1, 0.15) is 5.56 Å². The molecule has 2 aromatic carbocycles. The van der Waals surface area contributed by atoms with Crippen LogP contribution in [0, 0.1) is 6.92 Å². The lowest BCUT2D eigenvalue weighted by Crippen LogP contribution is -2.15. The molecular weight excluding hydrogens is 358 g/mol. The topological polar surface area (TPSA) is 75.1 Å². The number of aromatic nitrogens is 4. The molecule has 0 saturated carbocycles. The fourth-order valence-electron chi connectivity index (χ4n) is 2.58. The summed E-state index contributed by atoms with van der Waals surface area (Å²) in [7, 11) is 0. The molecule has 0 atom stereocenters. The van der Waals surface area contributed by atoms with E-state index in [1.807, 2.05) is 41.7 Å². The van der Waals surface area contributed by atoms with Crippen molar-refractivity contribution in [2.24, 2.45) is 0 Å². The van der Waals surface area contributed by atoms with Crippen LogP contribution >= 0.6 is 23.4 Å². The van der Waals surface area contributed by atoms with Crippen molar-refractivity contribution in [2.75, 3.05) is 11.1 Å². The first-order chi connectivity index (χ1) is 12.1. The van der Waals surface area contributed by atoms with Crippen LogP contribution < -0.4 is 5.32 Å². The number of fused-ring (bicyclic) bond motifs is 3. The number of benzene rings is 2. The number of aryl methyl sites for hydroxylation is 1. The molecular formula is C17H14ClN5OS. The van der Waals surface area contributed by atoms with E-state index in [9.17, 15) is 4.79 Å². The zero-order valence-electron chi connectivity index (χ0n) is 13.3. The summed E-state index contributed by atoms with van der Waals surface area (Å²) in [6, 6.07) is 13.2. The minimum atomic E-state index is -0.115. The Kier molecular flexibility index (Phi) is 4.10. The summed E-state index contributed by atoms with van der Waals surface area (Å²) in [4.78, 5) is 16.7. The van der Waals surface area contributed by atoms with Crippen LogP contribution in [0.4, 0.5) is 5.69 Å². The van der Waals surface area contributed by atoms with Crippen molar-refractivity contribution in [1.82, 2.24) is 19.6 Å². The molecule has 0 fully saturated rings. The first-order valence-electron chi connectivity index (χ1n) is 7.62. The maximum Gasteiger partial charge on any atom is 0.234 e. The number of amides is 1. The quantitative estimate of drug-likeness (QED) is 0.533. The van der Waals surface area contributed by atoms with E-state index in [1.54, 1.807) is 12.1 Å². The average molecular weight is 372 g/mol. The molecule has 0 aliphatic rings. The molecule has 2 heterocycles. The molecule has 0 spiro atoms. The Balaban J connectivity index is 1.52. The summed E-state index contributed by atoms with van der Waals surface area (Å²) in [6.07, 6.45) is 0. The summed E-state index contributed by atoms with van der Waals surface area (Å²) in [6.45, 7) is 1.92. The van der Waals surface area contributed by atoms with Gasteiger partial charge in [-0.3, -0.25) is 9.20 Å². The number of carbonyl (C=O) groups is 1. The van der Waals surface area contributed by atoms with Crippen molar-refractivity contribution in [3.63, 3.8) is 0 Å². The lowest BCUT2D eigenvalue weighted by molar-refractivity contribution is -0.113. The van der Waals surface area contributed by atoms with E-state index in [0.717, 1.165) is 22.3 Å². The molecule has 1 amide bonds. The number of anilines is 1. The second kappa shape index (κ2) is 6.42. The van der Waals surface area contributed by atoms with Crippen molar-refractivity contribution in [3.05, 3.63) is 53.1 Å². The molecule has 0 bridgehead atoms. The fraction of sp³-hybridized carbons (Fsp3) is 0.118. The molecule has 0 saturated heterocycles. The van der Waals surface area contributed by atoms with Crippen LogP contribution in [0.5, 0.6) is 0 Å². The van der Waals surface area contributed by atoms with E-state index in [0.29, 0.717) is 16.0 Å². The number of imidazole rings is 1. The van der Waals surface area contributed by atoms with Crippen LogP contribution in [0.15, 0.2) is 47.6 Å². The monoisotopic (exact) mass is 371 g/mol. The number of H-pyrrole nitrogens is 1. The number of carbonyl (C=O) groups excluding carboxylic acids is 1. The van der Waals surface area contributed by atoms with Gasteiger partial charge in [-0.2, -0.15) is 0 Å².